The first-order valence-corrected chi connectivity index (χ1v) is 7.98. The fourth-order valence-electron chi connectivity index (χ4n) is 3.12. The highest BCUT2D eigenvalue weighted by molar-refractivity contribution is 5.78. The lowest BCUT2D eigenvalue weighted by molar-refractivity contribution is -0.126. The van der Waals surface area contributed by atoms with Crippen LogP contribution in [0.2, 0.25) is 0 Å². The van der Waals surface area contributed by atoms with Gasteiger partial charge in [0.25, 0.3) is 0 Å². The van der Waals surface area contributed by atoms with Crippen molar-refractivity contribution >= 4 is 5.91 Å². The summed E-state index contributed by atoms with van der Waals surface area (Å²) in [6.07, 6.45) is 7.19. The maximum Gasteiger partial charge on any atom is 0.223 e. The van der Waals surface area contributed by atoms with E-state index in [4.69, 9.17) is 0 Å². The third-order valence-electron chi connectivity index (χ3n) is 4.76. The predicted octanol–water partition coefficient (Wildman–Crippen LogP) is 2.71. The zero-order chi connectivity index (χ0) is 13.9. The van der Waals surface area contributed by atoms with E-state index in [0.29, 0.717) is 5.41 Å². The molecule has 2 saturated carbocycles. The third-order valence-corrected chi connectivity index (χ3v) is 4.76. The Morgan fingerprint density at radius 1 is 1.00 bits per heavy atom. The van der Waals surface area contributed by atoms with Crippen LogP contribution in [-0.2, 0) is 4.79 Å². The van der Waals surface area contributed by atoms with Crippen molar-refractivity contribution in [3.63, 3.8) is 0 Å². The maximum absolute atomic E-state index is 12.1. The van der Waals surface area contributed by atoms with Crippen LogP contribution in [0.1, 0.15) is 59.3 Å². The molecule has 0 aromatic heterocycles. The van der Waals surface area contributed by atoms with Gasteiger partial charge in [0.2, 0.25) is 5.91 Å². The molecule has 0 aliphatic heterocycles. The second-order valence-corrected chi connectivity index (χ2v) is 7.43. The minimum atomic E-state index is 0.263. The molecule has 0 heterocycles. The molecule has 2 N–H and O–H groups in total. The summed E-state index contributed by atoms with van der Waals surface area (Å²) in [6.45, 7) is 8.67. The van der Waals surface area contributed by atoms with Gasteiger partial charge >= 0.3 is 0 Å². The first-order valence-electron chi connectivity index (χ1n) is 7.98. The Balaban J connectivity index is 1.61. The van der Waals surface area contributed by atoms with Crippen molar-refractivity contribution < 1.29 is 4.79 Å². The quantitative estimate of drug-likeness (QED) is 0.751. The van der Waals surface area contributed by atoms with E-state index in [0.717, 1.165) is 37.9 Å². The molecule has 0 aromatic carbocycles. The van der Waals surface area contributed by atoms with Gasteiger partial charge in [-0.05, 0) is 49.9 Å². The summed E-state index contributed by atoms with van der Waals surface area (Å²) >= 11 is 0. The van der Waals surface area contributed by atoms with Crippen LogP contribution in [0.4, 0.5) is 0 Å². The van der Waals surface area contributed by atoms with Gasteiger partial charge in [-0.1, -0.05) is 20.8 Å². The Morgan fingerprint density at radius 2 is 1.63 bits per heavy atom. The molecule has 110 valence electrons. The molecule has 2 fully saturated rings. The SMILES string of the molecule is CC(C)(C)C1CCC(C(=O)NCCNC2CC2)CC1. The van der Waals surface area contributed by atoms with E-state index in [1.807, 2.05) is 0 Å². The minimum absolute atomic E-state index is 0.263. The van der Waals surface area contributed by atoms with E-state index in [1.165, 1.54) is 25.7 Å². The Bertz CT molecular complexity index is 296. The molecule has 2 aliphatic carbocycles. The summed E-state index contributed by atoms with van der Waals surface area (Å²) < 4.78 is 0. The molecule has 0 aromatic rings. The second-order valence-electron chi connectivity index (χ2n) is 7.43. The van der Waals surface area contributed by atoms with Crippen molar-refractivity contribution in [3.8, 4) is 0 Å². The molecule has 1 amide bonds. The van der Waals surface area contributed by atoms with E-state index >= 15 is 0 Å². The summed E-state index contributed by atoms with van der Waals surface area (Å²) in [5.41, 5.74) is 0.398. The van der Waals surface area contributed by atoms with Crippen LogP contribution in [0.5, 0.6) is 0 Å². The van der Waals surface area contributed by atoms with E-state index in [2.05, 4.69) is 31.4 Å². The molecule has 0 radical (unpaired) electrons. The summed E-state index contributed by atoms with van der Waals surface area (Å²) in [6, 6.07) is 0.735. The predicted molar refractivity (Wildman–Crippen MR) is 78.9 cm³/mol. The number of nitrogens with one attached hydrogen (secondary N) is 2. The Morgan fingerprint density at radius 3 is 2.16 bits per heavy atom. The average Bonchev–Trinajstić information content (AvgIpc) is 3.17. The largest absolute Gasteiger partial charge is 0.355 e. The smallest absolute Gasteiger partial charge is 0.223 e. The fraction of sp³-hybridized carbons (Fsp3) is 0.938. The normalized spacial score (nSPS) is 28.2. The molecule has 2 rings (SSSR count). The van der Waals surface area contributed by atoms with Crippen LogP contribution < -0.4 is 10.6 Å². The lowest BCUT2D eigenvalue weighted by atomic mass is 9.70. The fourth-order valence-corrected chi connectivity index (χ4v) is 3.12. The number of hydrogen-bond acceptors (Lipinski definition) is 2. The van der Waals surface area contributed by atoms with Crippen molar-refractivity contribution in [2.75, 3.05) is 13.1 Å². The third kappa shape index (κ3) is 4.79. The van der Waals surface area contributed by atoms with Gasteiger partial charge in [-0.15, -0.1) is 0 Å². The van der Waals surface area contributed by atoms with Crippen molar-refractivity contribution in [2.45, 2.75) is 65.3 Å². The highest BCUT2D eigenvalue weighted by Gasteiger charge is 2.32. The average molecular weight is 266 g/mol. The van der Waals surface area contributed by atoms with Gasteiger partial charge in [0, 0.05) is 25.0 Å². The standard InChI is InChI=1S/C16H30N2O/c1-16(2,3)13-6-4-12(5-7-13)15(19)18-11-10-17-14-8-9-14/h12-14,17H,4-11H2,1-3H3,(H,18,19). The second kappa shape index (κ2) is 6.25. The van der Waals surface area contributed by atoms with Crippen LogP contribution in [0.3, 0.4) is 0 Å². The van der Waals surface area contributed by atoms with Gasteiger partial charge in [0.1, 0.15) is 0 Å². The van der Waals surface area contributed by atoms with Crippen LogP contribution in [-0.4, -0.2) is 25.0 Å². The molecule has 0 unspecified atom stereocenters. The topological polar surface area (TPSA) is 41.1 Å². The summed E-state index contributed by atoms with van der Waals surface area (Å²) in [7, 11) is 0. The first-order chi connectivity index (χ1) is 8.97. The van der Waals surface area contributed by atoms with Crippen molar-refractivity contribution in [1.29, 1.82) is 0 Å². The van der Waals surface area contributed by atoms with Gasteiger partial charge in [-0.2, -0.15) is 0 Å². The molecular weight excluding hydrogens is 236 g/mol. The number of carbonyl (C=O) groups excluding carboxylic acids is 1. The molecule has 2 aliphatic rings. The van der Waals surface area contributed by atoms with Crippen LogP contribution in [0, 0.1) is 17.3 Å². The number of rotatable bonds is 5. The van der Waals surface area contributed by atoms with Crippen molar-refractivity contribution in [3.05, 3.63) is 0 Å². The van der Waals surface area contributed by atoms with Crippen molar-refractivity contribution in [2.24, 2.45) is 17.3 Å². The van der Waals surface area contributed by atoms with E-state index in [9.17, 15) is 4.79 Å². The van der Waals surface area contributed by atoms with Crippen molar-refractivity contribution in [1.82, 2.24) is 10.6 Å². The summed E-state index contributed by atoms with van der Waals surface area (Å²) in [5.74, 6) is 1.33. The highest BCUT2D eigenvalue weighted by Crippen LogP contribution is 2.39. The van der Waals surface area contributed by atoms with Crippen LogP contribution in [0.25, 0.3) is 0 Å². The number of carbonyl (C=O) groups is 1. The molecule has 0 bridgehead atoms. The summed E-state index contributed by atoms with van der Waals surface area (Å²) in [5, 5.41) is 6.51. The molecule has 0 saturated heterocycles. The first kappa shape index (κ1) is 14.8. The van der Waals surface area contributed by atoms with Gasteiger partial charge in [0.15, 0.2) is 0 Å². The number of hydrogen-bond donors (Lipinski definition) is 2. The maximum atomic E-state index is 12.1. The lowest BCUT2D eigenvalue weighted by Gasteiger charge is -2.36. The zero-order valence-electron chi connectivity index (χ0n) is 12.8. The van der Waals surface area contributed by atoms with E-state index in [1.54, 1.807) is 0 Å². The molecule has 0 spiro atoms. The van der Waals surface area contributed by atoms with E-state index in [-0.39, 0.29) is 11.8 Å². The molecule has 19 heavy (non-hydrogen) atoms. The van der Waals surface area contributed by atoms with E-state index < -0.39 is 0 Å². The van der Waals surface area contributed by atoms with Gasteiger partial charge in [0.05, 0.1) is 0 Å². The zero-order valence-corrected chi connectivity index (χ0v) is 12.8. The van der Waals surface area contributed by atoms with Crippen LogP contribution >= 0.6 is 0 Å². The highest BCUT2D eigenvalue weighted by atomic mass is 16.1. The van der Waals surface area contributed by atoms with Gasteiger partial charge < -0.3 is 10.6 Å². The minimum Gasteiger partial charge on any atom is -0.355 e. The molecule has 3 heteroatoms. The Kier molecular flexibility index (Phi) is 4.88. The number of amides is 1. The molecular formula is C16H30N2O. The summed E-state index contributed by atoms with van der Waals surface area (Å²) in [4.78, 5) is 12.1. The Hall–Kier alpha value is -0.570. The molecule has 0 atom stereocenters. The monoisotopic (exact) mass is 266 g/mol. The van der Waals surface area contributed by atoms with Gasteiger partial charge in [-0.3, -0.25) is 4.79 Å². The van der Waals surface area contributed by atoms with Crippen LogP contribution in [0.15, 0.2) is 0 Å². The lowest BCUT2D eigenvalue weighted by Crippen LogP contribution is -2.38. The van der Waals surface area contributed by atoms with Gasteiger partial charge in [-0.25, -0.2) is 0 Å². The Labute approximate surface area is 117 Å². The molecule has 3 nitrogen and oxygen atoms in total.